The van der Waals surface area contributed by atoms with Crippen molar-refractivity contribution in [1.82, 2.24) is 9.80 Å². The van der Waals surface area contributed by atoms with E-state index in [9.17, 15) is 5.11 Å². The lowest BCUT2D eigenvalue weighted by Crippen LogP contribution is -2.50. The van der Waals surface area contributed by atoms with Crippen LogP contribution in [-0.4, -0.2) is 79.2 Å². The largest absolute Gasteiger partial charge is 0.493 e. The molecule has 1 unspecified atom stereocenters. The van der Waals surface area contributed by atoms with Gasteiger partial charge in [-0.05, 0) is 43.3 Å². The highest BCUT2D eigenvalue weighted by molar-refractivity contribution is 5.84. The zero-order valence-electron chi connectivity index (χ0n) is 17.3. The van der Waals surface area contributed by atoms with Gasteiger partial charge in [0.25, 0.3) is 0 Å². The second-order valence-electron chi connectivity index (χ2n) is 8.09. The van der Waals surface area contributed by atoms with E-state index >= 15 is 0 Å². The summed E-state index contributed by atoms with van der Waals surface area (Å²) < 4.78 is 10.8. The molecule has 1 aromatic rings. The van der Waals surface area contributed by atoms with Gasteiger partial charge in [-0.3, -0.25) is 4.90 Å². The summed E-state index contributed by atoms with van der Waals surface area (Å²) >= 11 is 0. The van der Waals surface area contributed by atoms with Gasteiger partial charge in [-0.2, -0.15) is 0 Å². The van der Waals surface area contributed by atoms with Crippen molar-refractivity contribution in [2.75, 3.05) is 46.0 Å². The SMILES string of the molecule is C=N/C(=N\C=C(/C)C1(O)COC1)N1CCN(C(C)c2ccc3c(c2)OCC3)CC1. The number of fused-ring (bicyclic) bond motifs is 1. The second-order valence-corrected chi connectivity index (χ2v) is 8.09. The van der Waals surface area contributed by atoms with Crippen LogP contribution in [0.4, 0.5) is 0 Å². The molecule has 1 N–H and O–H groups in total. The zero-order chi connectivity index (χ0) is 20.4. The first kappa shape index (κ1) is 20.1. The quantitative estimate of drug-likeness (QED) is 0.621. The van der Waals surface area contributed by atoms with Gasteiger partial charge in [-0.15, -0.1) is 0 Å². The molecule has 3 aliphatic rings. The van der Waals surface area contributed by atoms with Crippen LogP contribution in [0.2, 0.25) is 0 Å². The van der Waals surface area contributed by atoms with Crippen LogP contribution in [0.1, 0.15) is 31.0 Å². The predicted octanol–water partition coefficient (Wildman–Crippen LogP) is 2.02. The monoisotopic (exact) mass is 398 g/mol. The van der Waals surface area contributed by atoms with Crippen LogP contribution >= 0.6 is 0 Å². The number of benzene rings is 1. The van der Waals surface area contributed by atoms with Gasteiger partial charge < -0.3 is 19.5 Å². The number of hydrogen-bond acceptors (Lipinski definition) is 5. The number of piperazine rings is 1. The van der Waals surface area contributed by atoms with E-state index in [0.29, 0.717) is 25.2 Å². The van der Waals surface area contributed by atoms with Gasteiger partial charge >= 0.3 is 0 Å². The number of nitrogens with zero attached hydrogens (tertiary/aromatic N) is 4. The molecule has 0 saturated carbocycles. The van der Waals surface area contributed by atoms with Crippen molar-refractivity contribution in [3.05, 3.63) is 41.1 Å². The van der Waals surface area contributed by atoms with Crippen LogP contribution in [0.5, 0.6) is 5.75 Å². The molecule has 0 bridgehead atoms. The van der Waals surface area contributed by atoms with Crippen LogP contribution in [0.3, 0.4) is 0 Å². The molecule has 0 aliphatic carbocycles. The molecule has 3 aliphatic heterocycles. The first-order valence-corrected chi connectivity index (χ1v) is 10.3. The molecular formula is C22H30N4O3. The number of aliphatic hydroxyl groups is 1. The zero-order valence-corrected chi connectivity index (χ0v) is 17.3. The Hall–Kier alpha value is -2.22. The van der Waals surface area contributed by atoms with Gasteiger partial charge in [-0.1, -0.05) is 12.1 Å². The summed E-state index contributed by atoms with van der Waals surface area (Å²) in [6, 6.07) is 6.95. The Kier molecular flexibility index (Phi) is 5.72. The minimum Gasteiger partial charge on any atom is -0.493 e. The van der Waals surface area contributed by atoms with Crippen LogP contribution in [0.15, 0.2) is 40.0 Å². The van der Waals surface area contributed by atoms with E-state index < -0.39 is 5.60 Å². The number of ether oxygens (including phenoxy) is 2. The van der Waals surface area contributed by atoms with Crippen LogP contribution in [-0.2, 0) is 11.2 Å². The molecule has 7 nitrogen and oxygen atoms in total. The minimum absolute atomic E-state index is 0.325. The highest BCUT2D eigenvalue weighted by Gasteiger charge is 2.37. The lowest BCUT2D eigenvalue weighted by molar-refractivity contribution is -0.154. The van der Waals surface area contributed by atoms with E-state index in [1.165, 1.54) is 11.1 Å². The van der Waals surface area contributed by atoms with Gasteiger partial charge in [0.15, 0.2) is 0 Å². The Labute approximate surface area is 172 Å². The maximum absolute atomic E-state index is 10.3. The van der Waals surface area contributed by atoms with Crippen molar-refractivity contribution in [2.45, 2.75) is 31.9 Å². The summed E-state index contributed by atoms with van der Waals surface area (Å²) in [5.74, 6) is 1.64. The Morgan fingerprint density at radius 1 is 1.28 bits per heavy atom. The molecule has 0 amide bonds. The summed E-state index contributed by atoms with van der Waals surface area (Å²) in [4.78, 5) is 13.2. The lowest BCUT2D eigenvalue weighted by atomic mass is 9.94. The van der Waals surface area contributed by atoms with Crippen molar-refractivity contribution >= 4 is 12.7 Å². The fourth-order valence-corrected chi connectivity index (χ4v) is 3.98. The Morgan fingerprint density at radius 2 is 2.03 bits per heavy atom. The smallest absolute Gasteiger partial charge is 0.224 e. The van der Waals surface area contributed by atoms with E-state index in [1.807, 2.05) is 6.92 Å². The average molecular weight is 399 g/mol. The fraction of sp³-hybridized carbons (Fsp3) is 0.545. The Balaban J connectivity index is 1.37. The van der Waals surface area contributed by atoms with Gasteiger partial charge in [-0.25, -0.2) is 9.98 Å². The normalized spacial score (nSPS) is 23.2. The number of hydrogen-bond donors (Lipinski definition) is 1. The van der Waals surface area contributed by atoms with Gasteiger partial charge in [0, 0.05) is 44.8 Å². The minimum atomic E-state index is -0.885. The predicted molar refractivity (Wildman–Crippen MR) is 114 cm³/mol. The van der Waals surface area contributed by atoms with Crippen molar-refractivity contribution in [3.8, 4) is 5.75 Å². The molecule has 29 heavy (non-hydrogen) atoms. The molecule has 2 saturated heterocycles. The third kappa shape index (κ3) is 4.08. The molecule has 2 fully saturated rings. The van der Waals surface area contributed by atoms with E-state index in [0.717, 1.165) is 50.5 Å². The number of aliphatic imine (C=N–C) groups is 2. The van der Waals surface area contributed by atoms with E-state index in [1.54, 1.807) is 6.20 Å². The maximum atomic E-state index is 10.3. The third-order valence-electron chi connectivity index (χ3n) is 6.28. The van der Waals surface area contributed by atoms with Gasteiger partial charge in [0.2, 0.25) is 5.96 Å². The van der Waals surface area contributed by atoms with Crippen molar-refractivity contribution in [1.29, 1.82) is 0 Å². The molecule has 1 aromatic carbocycles. The summed E-state index contributed by atoms with van der Waals surface area (Å²) in [6.45, 7) is 12.8. The first-order valence-electron chi connectivity index (χ1n) is 10.3. The molecule has 7 heteroatoms. The van der Waals surface area contributed by atoms with Crippen molar-refractivity contribution in [2.24, 2.45) is 9.98 Å². The van der Waals surface area contributed by atoms with Gasteiger partial charge in [0.1, 0.15) is 11.4 Å². The van der Waals surface area contributed by atoms with E-state index in [2.05, 4.69) is 51.6 Å². The van der Waals surface area contributed by atoms with Gasteiger partial charge in [0.05, 0.1) is 19.8 Å². The molecular weight excluding hydrogens is 368 g/mol. The summed E-state index contributed by atoms with van der Waals surface area (Å²) in [6.07, 6.45) is 2.70. The topological polar surface area (TPSA) is 69.9 Å². The summed E-state index contributed by atoms with van der Waals surface area (Å²) in [5.41, 5.74) is 2.51. The molecule has 1 atom stereocenters. The Morgan fingerprint density at radius 3 is 2.69 bits per heavy atom. The Bertz CT molecular complexity index is 823. The maximum Gasteiger partial charge on any atom is 0.224 e. The van der Waals surface area contributed by atoms with Crippen LogP contribution in [0, 0.1) is 0 Å². The molecule has 156 valence electrons. The molecule has 4 rings (SSSR count). The van der Waals surface area contributed by atoms with Crippen LogP contribution in [0.25, 0.3) is 0 Å². The standard InChI is InChI=1S/C22H30N4O3/c1-16(22(27)14-28-15-22)13-24-21(23-3)26-9-7-25(8-10-26)17(2)19-5-4-18-6-11-29-20(18)12-19/h4-5,12-13,17,27H,3,6-11,14-15H2,1-2H3/b16-13+,24-21+. The van der Waals surface area contributed by atoms with E-state index in [4.69, 9.17) is 9.47 Å². The summed E-state index contributed by atoms with van der Waals surface area (Å²) in [7, 11) is 0. The van der Waals surface area contributed by atoms with Crippen LogP contribution < -0.4 is 4.74 Å². The van der Waals surface area contributed by atoms with Crippen molar-refractivity contribution < 1.29 is 14.6 Å². The summed E-state index contributed by atoms with van der Waals surface area (Å²) in [5, 5.41) is 10.3. The molecule has 3 heterocycles. The first-order chi connectivity index (χ1) is 14.0. The third-order valence-corrected chi connectivity index (χ3v) is 6.28. The number of guanidine groups is 1. The fourth-order valence-electron chi connectivity index (χ4n) is 3.98. The molecule has 0 radical (unpaired) electrons. The van der Waals surface area contributed by atoms with Crippen molar-refractivity contribution in [3.63, 3.8) is 0 Å². The second kappa shape index (κ2) is 8.26. The molecule has 0 spiro atoms. The van der Waals surface area contributed by atoms with E-state index in [-0.39, 0.29) is 0 Å². The lowest BCUT2D eigenvalue weighted by Gasteiger charge is -2.38. The highest BCUT2D eigenvalue weighted by atomic mass is 16.5. The average Bonchev–Trinajstić information content (AvgIpc) is 3.20. The highest BCUT2D eigenvalue weighted by Crippen LogP contribution is 2.31. The number of rotatable bonds is 4. The molecule has 0 aromatic heterocycles.